The molecule has 1 saturated heterocycles. The molecule has 1 aromatic heterocycles. The molecular formula is C14H15ClN2O2. The number of benzene rings is 1. The summed E-state index contributed by atoms with van der Waals surface area (Å²) in [4.78, 5) is 0. The van der Waals surface area contributed by atoms with Crippen LogP contribution in [0, 0.1) is 11.8 Å². The highest BCUT2D eigenvalue weighted by molar-refractivity contribution is 6.31. The first-order chi connectivity index (χ1) is 9.16. The van der Waals surface area contributed by atoms with Gasteiger partial charge in [-0.3, -0.25) is 5.10 Å². The van der Waals surface area contributed by atoms with Gasteiger partial charge in [0.05, 0.1) is 17.3 Å². The second-order valence-electron chi connectivity index (χ2n) is 5.78. The van der Waals surface area contributed by atoms with E-state index in [0.717, 1.165) is 42.5 Å². The van der Waals surface area contributed by atoms with Crippen LogP contribution >= 0.6 is 11.6 Å². The standard InChI is InChI=1S/C14H15ClN2O2/c15-10-1-12(11-5-16-17-13(11)2-10)14(18)3-8-6-19-7-9(8)4-14/h1-2,5,8-9,18H,3-4,6-7H2,(H,16,17)/t8-,9+,14?. The largest absolute Gasteiger partial charge is 0.385 e. The monoisotopic (exact) mass is 278 g/mol. The predicted molar refractivity (Wildman–Crippen MR) is 72.0 cm³/mol. The maximum absolute atomic E-state index is 11.1. The highest BCUT2D eigenvalue weighted by Gasteiger charge is 2.48. The van der Waals surface area contributed by atoms with Crippen molar-refractivity contribution < 1.29 is 9.84 Å². The van der Waals surface area contributed by atoms with Crippen LogP contribution in [-0.2, 0) is 10.3 Å². The van der Waals surface area contributed by atoms with Crippen molar-refractivity contribution in [1.29, 1.82) is 0 Å². The van der Waals surface area contributed by atoms with Crippen molar-refractivity contribution in [2.75, 3.05) is 13.2 Å². The Morgan fingerprint density at radius 3 is 2.79 bits per heavy atom. The highest BCUT2D eigenvalue weighted by atomic mass is 35.5. The van der Waals surface area contributed by atoms with Gasteiger partial charge in [0.2, 0.25) is 0 Å². The van der Waals surface area contributed by atoms with E-state index in [9.17, 15) is 5.11 Å². The number of rotatable bonds is 1. The number of nitrogens with one attached hydrogen (secondary N) is 1. The lowest BCUT2D eigenvalue weighted by Crippen LogP contribution is -2.23. The smallest absolute Gasteiger partial charge is 0.0911 e. The molecule has 0 amide bonds. The Morgan fingerprint density at radius 1 is 1.32 bits per heavy atom. The maximum atomic E-state index is 11.1. The Bertz CT molecular complexity index is 627. The molecule has 2 fully saturated rings. The lowest BCUT2D eigenvalue weighted by molar-refractivity contribution is 0.0233. The van der Waals surface area contributed by atoms with E-state index in [0.29, 0.717) is 16.9 Å². The van der Waals surface area contributed by atoms with Gasteiger partial charge in [0.15, 0.2) is 0 Å². The van der Waals surface area contributed by atoms with Gasteiger partial charge in [0.1, 0.15) is 0 Å². The number of aromatic amines is 1. The van der Waals surface area contributed by atoms with Crippen molar-refractivity contribution in [1.82, 2.24) is 10.2 Å². The summed E-state index contributed by atoms with van der Waals surface area (Å²) in [5, 5.41) is 19.6. The molecule has 2 aromatic rings. The summed E-state index contributed by atoms with van der Waals surface area (Å²) < 4.78 is 5.48. The van der Waals surface area contributed by atoms with E-state index in [-0.39, 0.29) is 0 Å². The molecule has 4 rings (SSSR count). The topological polar surface area (TPSA) is 58.1 Å². The molecule has 2 heterocycles. The van der Waals surface area contributed by atoms with E-state index < -0.39 is 5.60 Å². The lowest BCUT2D eigenvalue weighted by atomic mass is 9.88. The molecule has 1 aliphatic heterocycles. The van der Waals surface area contributed by atoms with Crippen LogP contribution in [0.2, 0.25) is 5.02 Å². The molecule has 19 heavy (non-hydrogen) atoms. The minimum absolute atomic E-state index is 0.464. The first-order valence-corrected chi connectivity index (χ1v) is 6.97. The number of aliphatic hydroxyl groups is 1. The van der Waals surface area contributed by atoms with Crippen molar-refractivity contribution in [2.24, 2.45) is 11.8 Å². The van der Waals surface area contributed by atoms with Crippen LogP contribution in [0.15, 0.2) is 18.3 Å². The minimum atomic E-state index is -0.799. The number of ether oxygens (including phenoxy) is 1. The Hall–Kier alpha value is -1.10. The number of hydrogen-bond donors (Lipinski definition) is 2. The van der Waals surface area contributed by atoms with E-state index >= 15 is 0 Å². The number of nitrogens with zero attached hydrogens (tertiary/aromatic N) is 1. The summed E-state index contributed by atoms with van der Waals surface area (Å²) in [7, 11) is 0. The van der Waals surface area contributed by atoms with Crippen molar-refractivity contribution in [3.05, 3.63) is 28.9 Å². The summed E-state index contributed by atoms with van der Waals surface area (Å²) in [6.07, 6.45) is 3.26. The summed E-state index contributed by atoms with van der Waals surface area (Å²) in [6, 6.07) is 3.72. The second kappa shape index (κ2) is 3.95. The zero-order chi connectivity index (χ0) is 13.0. The number of fused-ring (bicyclic) bond motifs is 2. The van der Waals surface area contributed by atoms with Crippen molar-refractivity contribution in [3.63, 3.8) is 0 Å². The SMILES string of the molecule is OC1(c2cc(Cl)cc3[nH]ncc23)C[C@H]2COC[C@H]2C1. The van der Waals surface area contributed by atoms with E-state index in [1.165, 1.54) is 0 Å². The molecule has 2 aliphatic rings. The predicted octanol–water partition coefficient (Wildman–Crippen LogP) is 2.46. The molecule has 0 bridgehead atoms. The van der Waals surface area contributed by atoms with Gasteiger partial charge >= 0.3 is 0 Å². The fourth-order valence-corrected chi connectivity index (χ4v) is 3.88. The third-order valence-electron chi connectivity index (χ3n) is 4.56. The summed E-state index contributed by atoms with van der Waals surface area (Å²) >= 11 is 6.16. The Kier molecular flexibility index (Phi) is 2.43. The van der Waals surface area contributed by atoms with Crippen molar-refractivity contribution >= 4 is 22.5 Å². The molecule has 1 saturated carbocycles. The van der Waals surface area contributed by atoms with Gasteiger partial charge in [0, 0.05) is 23.6 Å². The number of halogens is 1. The minimum Gasteiger partial charge on any atom is -0.385 e. The lowest BCUT2D eigenvalue weighted by Gasteiger charge is -2.25. The van der Waals surface area contributed by atoms with Crippen LogP contribution in [0.25, 0.3) is 10.9 Å². The van der Waals surface area contributed by atoms with E-state index in [4.69, 9.17) is 16.3 Å². The molecular weight excluding hydrogens is 264 g/mol. The van der Waals surface area contributed by atoms with E-state index in [1.807, 2.05) is 12.1 Å². The quantitative estimate of drug-likeness (QED) is 0.842. The molecule has 2 N–H and O–H groups in total. The fraction of sp³-hybridized carbons (Fsp3) is 0.500. The molecule has 100 valence electrons. The third-order valence-corrected chi connectivity index (χ3v) is 4.77. The van der Waals surface area contributed by atoms with Crippen LogP contribution in [0.4, 0.5) is 0 Å². The summed E-state index contributed by atoms with van der Waals surface area (Å²) in [5.74, 6) is 0.928. The van der Waals surface area contributed by atoms with Crippen molar-refractivity contribution in [2.45, 2.75) is 18.4 Å². The van der Waals surface area contributed by atoms with Crippen LogP contribution in [0.1, 0.15) is 18.4 Å². The summed E-state index contributed by atoms with van der Waals surface area (Å²) in [6.45, 7) is 1.53. The molecule has 0 radical (unpaired) electrons. The van der Waals surface area contributed by atoms with Crippen LogP contribution in [0.5, 0.6) is 0 Å². The molecule has 0 spiro atoms. The van der Waals surface area contributed by atoms with Crippen LogP contribution < -0.4 is 0 Å². The molecule has 1 aliphatic carbocycles. The van der Waals surface area contributed by atoms with Crippen LogP contribution in [0.3, 0.4) is 0 Å². The van der Waals surface area contributed by atoms with E-state index in [2.05, 4.69) is 10.2 Å². The average molecular weight is 279 g/mol. The van der Waals surface area contributed by atoms with Gasteiger partial charge in [0.25, 0.3) is 0 Å². The number of hydrogen-bond acceptors (Lipinski definition) is 3. The van der Waals surface area contributed by atoms with Gasteiger partial charge in [-0.2, -0.15) is 5.10 Å². The van der Waals surface area contributed by atoms with Crippen molar-refractivity contribution in [3.8, 4) is 0 Å². The Morgan fingerprint density at radius 2 is 2.05 bits per heavy atom. The number of H-pyrrole nitrogens is 1. The van der Waals surface area contributed by atoms with Gasteiger partial charge in [-0.1, -0.05) is 11.6 Å². The zero-order valence-corrected chi connectivity index (χ0v) is 11.2. The third kappa shape index (κ3) is 1.71. The number of aromatic nitrogens is 2. The maximum Gasteiger partial charge on any atom is 0.0911 e. The molecule has 1 unspecified atom stereocenters. The van der Waals surface area contributed by atoms with Gasteiger partial charge < -0.3 is 9.84 Å². The van der Waals surface area contributed by atoms with Gasteiger partial charge in [-0.25, -0.2) is 0 Å². The van der Waals surface area contributed by atoms with E-state index in [1.54, 1.807) is 6.20 Å². The molecule has 3 atom stereocenters. The molecule has 1 aromatic carbocycles. The van der Waals surface area contributed by atoms with Crippen LogP contribution in [-0.4, -0.2) is 28.5 Å². The first kappa shape index (κ1) is 11.7. The van der Waals surface area contributed by atoms with Gasteiger partial charge in [-0.05, 0) is 42.4 Å². The normalized spacial score (nSPS) is 34.0. The fourth-order valence-electron chi connectivity index (χ4n) is 3.67. The highest BCUT2D eigenvalue weighted by Crippen LogP contribution is 2.50. The Labute approximate surface area is 115 Å². The second-order valence-corrected chi connectivity index (χ2v) is 6.22. The first-order valence-electron chi connectivity index (χ1n) is 6.59. The average Bonchev–Trinajstić information content (AvgIpc) is 3.01. The van der Waals surface area contributed by atoms with Gasteiger partial charge in [-0.15, -0.1) is 0 Å². The summed E-state index contributed by atoms with van der Waals surface area (Å²) in [5.41, 5.74) is 0.981. The molecule has 4 nitrogen and oxygen atoms in total. The molecule has 5 heteroatoms. The Balaban J connectivity index is 1.83. The zero-order valence-electron chi connectivity index (χ0n) is 10.4.